The molecule has 0 aliphatic heterocycles. The molecule has 4 heteroatoms. The third kappa shape index (κ3) is 1.88. The molecule has 0 saturated carbocycles. The van der Waals surface area contributed by atoms with E-state index in [1.54, 1.807) is 13.0 Å². The number of furan rings is 1. The number of aryl methyl sites for hydroxylation is 2. The molecule has 1 N–H and O–H groups in total. The van der Waals surface area contributed by atoms with Crippen LogP contribution in [0.2, 0.25) is 0 Å². The molecule has 3 nitrogen and oxygen atoms in total. The molecule has 0 aromatic carbocycles. The van der Waals surface area contributed by atoms with Crippen molar-refractivity contribution in [3.63, 3.8) is 0 Å². The Morgan fingerprint density at radius 3 is 2.83 bits per heavy atom. The minimum absolute atomic E-state index is 0.0472. The molecule has 1 aromatic heterocycles. The lowest BCUT2D eigenvalue weighted by Crippen LogP contribution is -1.95. The highest BCUT2D eigenvalue weighted by molar-refractivity contribution is 9.09. The maximum Gasteiger partial charge on any atom is 0.372 e. The van der Waals surface area contributed by atoms with Crippen molar-refractivity contribution in [2.75, 3.05) is 5.33 Å². The molecule has 0 aliphatic rings. The highest BCUT2D eigenvalue weighted by Gasteiger charge is 2.13. The standard InChI is InChI=1S/C8H9BrO3/c1-5-4-6(2-3-9)12-7(5)8(10)11/h4H,2-3H2,1H3,(H,10,11). The number of hydrogen-bond donors (Lipinski definition) is 1. The Balaban J connectivity index is 2.92. The van der Waals surface area contributed by atoms with E-state index in [2.05, 4.69) is 15.9 Å². The van der Waals surface area contributed by atoms with Crippen molar-refractivity contribution in [2.24, 2.45) is 0 Å². The zero-order chi connectivity index (χ0) is 9.14. The van der Waals surface area contributed by atoms with Crippen LogP contribution in [0.5, 0.6) is 0 Å². The van der Waals surface area contributed by atoms with Crippen LogP contribution < -0.4 is 0 Å². The summed E-state index contributed by atoms with van der Waals surface area (Å²) in [6, 6.07) is 1.75. The highest BCUT2D eigenvalue weighted by atomic mass is 79.9. The molecule has 0 radical (unpaired) electrons. The summed E-state index contributed by atoms with van der Waals surface area (Å²) in [5.41, 5.74) is 0.679. The molecule has 1 aromatic rings. The fourth-order valence-electron chi connectivity index (χ4n) is 0.977. The second-order valence-corrected chi connectivity index (χ2v) is 3.26. The van der Waals surface area contributed by atoms with Crippen LogP contribution in [0.15, 0.2) is 10.5 Å². The first-order valence-electron chi connectivity index (χ1n) is 3.53. The zero-order valence-corrected chi connectivity index (χ0v) is 8.22. The van der Waals surface area contributed by atoms with Crippen LogP contribution in [0.25, 0.3) is 0 Å². The van der Waals surface area contributed by atoms with Gasteiger partial charge >= 0.3 is 5.97 Å². The van der Waals surface area contributed by atoms with E-state index in [1.807, 2.05) is 0 Å². The number of alkyl halides is 1. The molecule has 0 spiro atoms. The average molecular weight is 233 g/mol. The van der Waals surface area contributed by atoms with Gasteiger partial charge in [-0.1, -0.05) is 15.9 Å². The smallest absolute Gasteiger partial charge is 0.372 e. The quantitative estimate of drug-likeness (QED) is 0.814. The van der Waals surface area contributed by atoms with Gasteiger partial charge in [-0.25, -0.2) is 4.79 Å². The molecule has 1 rings (SSSR count). The Morgan fingerprint density at radius 2 is 2.42 bits per heavy atom. The van der Waals surface area contributed by atoms with E-state index in [0.717, 1.165) is 5.33 Å². The summed E-state index contributed by atoms with van der Waals surface area (Å²) in [5.74, 6) is -0.249. The van der Waals surface area contributed by atoms with Crippen LogP contribution in [0.4, 0.5) is 0 Å². The second kappa shape index (κ2) is 3.76. The zero-order valence-electron chi connectivity index (χ0n) is 6.63. The van der Waals surface area contributed by atoms with Crippen molar-refractivity contribution < 1.29 is 14.3 Å². The maximum absolute atomic E-state index is 10.5. The third-order valence-electron chi connectivity index (χ3n) is 1.50. The lowest BCUT2D eigenvalue weighted by Gasteiger charge is -1.89. The number of rotatable bonds is 3. The topological polar surface area (TPSA) is 50.4 Å². The Hall–Kier alpha value is -0.770. The number of carboxylic acids is 1. The van der Waals surface area contributed by atoms with Gasteiger partial charge in [0.25, 0.3) is 0 Å². The van der Waals surface area contributed by atoms with Gasteiger partial charge in [0.2, 0.25) is 5.76 Å². The molecule has 0 unspecified atom stereocenters. The van der Waals surface area contributed by atoms with Crippen molar-refractivity contribution in [3.8, 4) is 0 Å². The summed E-state index contributed by atoms with van der Waals surface area (Å²) in [4.78, 5) is 10.5. The summed E-state index contributed by atoms with van der Waals surface area (Å²) in [7, 11) is 0. The molecule has 12 heavy (non-hydrogen) atoms. The molecule has 1 heterocycles. The van der Waals surface area contributed by atoms with E-state index < -0.39 is 5.97 Å². The Morgan fingerprint density at radius 1 is 1.75 bits per heavy atom. The van der Waals surface area contributed by atoms with E-state index in [-0.39, 0.29) is 5.76 Å². The Bertz CT molecular complexity index is 290. The lowest BCUT2D eigenvalue weighted by molar-refractivity contribution is 0.0659. The van der Waals surface area contributed by atoms with Crippen LogP contribution in [0.1, 0.15) is 21.9 Å². The van der Waals surface area contributed by atoms with E-state index in [0.29, 0.717) is 17.7 Å². The Labute approximate surface area is 78.5 Å². The lowest BCUT2D eigenvalue weighted by atomic mass is 10.2. The van der Waals surface area contributed by atoms with E-state index in [9.17, 15) is 4.79 Å². The number of halogens is 1. The van der Waals surface area contributed by atoms with Gasteiger partial charge in [-0.15, -0.1) is 0 Å². The Kier molecular flexibility index (Phi) is 2.92. The SMILES string of the molecule is Cc1cc(CCBr)oc1C(=O)O. The van der Waals surface area contributed by atoms with Crippen molar-refractivity contribution in [2.45, 2.75) is 13.3 Å². The number of carbonyl (C=O) groups is 1. The van der Waals surface area contributed by atoms with E-state index in [4.69, 9.17) is 9.52 Å². The monoisotopic (exact) mass is 232 g/mol. The molecule has 66 valence electrons. The van der Waals surface area contributed by atoms with Crippen LogP contribution in [0.3, 0.4) is 0 Å². The molecule has 0 saturated heterocycles. The predicted molar refractivity (Wildman–Crippen MR) is 47.9 cm³/mol. The molecule has 0 fully saturated rings. The number of hydrogen-bond acceptors (Lipinski definition) is 2. The van der Waals surface area contributed by atoms with Gasteiger partial charge in [-0.2, -0.15) is 0 Å². The number of carboxylic acid groups (broad SMARTS) is 1. The second-order valence-electron chi connectivity index (χ2n) is 2.47. The molecular formula is C8H9BrO3. The first-order chi connectivity index (χ1) is 5.65. The molecule has 0 amide bonds. The van der Waals surface area contributed by atoms with Gasteiger partial charge < -0.3 is 9.52 Å². The van der Waals surface area contributed by atoms with Crippen molar-refractivity contribution in [3.05, 3.63) is 23.2 Å². The van der Waals surface area contributed by atoms with Crippen LogP contribution in [0, 0.1) is 6.92 Å². The van der Waals surface area contributed by atoms with Crippen LogP contribution in [-0.4, -0.2) is 16.4 Å². The van der Waals surface area contributed by atoms with Gasteiger partial charge in [0, 0.05) is 17.3 Å². The normalized spacial score (nSPS) is 10.2. The van der Waals surface area contributed by atoms with Gasteiger partial charge in [-0.05, 0) is 13.0 Å². The maximum atomic E-state index is 10.5. The van der Waals surface area contributed by atoms with Crippen LogP contribution in [-0.2, 0) is 6.42 Å². The van der Waals surface area contributed by atoms with Crippen molar-refractivity contribution in [1.82, 2.24) is 0 Å². The largest absolute Gasteiger partial charge is 0.475 e. The third-order valence-corrected chi connectivity index (χ3v) is 1.90. The predicted octanol–water partition coefficient (Wildman–Crippen LogP) is 2.22. The number of aromatic carboxylic acids is 1. The van der Waals surface area contributed by atoms with Gasteiger partial charge in [0.15, 0.2) is 0 Å². The summed E-state index contributed by atoms with van der Waals surface area (Å²) in [6.07, 6.45) is 0.716. The highest BCUT2D eigenvalue weighted by Crippen LogP contribution is 2.15. The summed E-state index contributed by atoms with van der Waals surface area (Å²) < 4.78 is 5.09. The molecule has 0 atom stereocenters. The fourth-order valence-corrected chi connectivity index (χ4v) is 1.37. The summed E-state index contributed by atoms with van der Waals surface area (Å²) >= 11 is 3.25. The van der Waals surface area contributed by atoms with E-state index >= 15 is 0 Å². The average Bonchev–Trinajstić information content (AvgIpc) is 2.32. The summed E-state index contributed by atoms with van der Waals surface area (Å²) in [6.45, 7) is 1.73. The minimum Gasteiger partial charge on any atom is -0.475 e. The van der Waals surface area contributed by atoms with Gasteiger partial charge in [0.1, 0.15) is 5.76 Å². The fraction of sp³-hybridized carbons (Fsp3) is 0.375. The molecule has 0 bridgehead atoms. The van der Waals surface area contributed by atoms with Crippen molar-refractivity contribution >= 4 is 21.9 Å². The molecule has 0 aliphatic carbocycles. The molecular weight excluding hydrogens is 224 g/mol. The van der Waals surface area contributed by atoms with Gasteiger partial charge in [-0.3, -0.25) is 0 Å². The van der Waals surface area contributed by atoms with Crippen LogP contribution >= 0.6 is 15.9 Å². The van der Waals surface area contributed by atoms with Crippen molar-refractivity contribution in [1.29, 1.82) is 0 Å². The first-order valence-corrected chi connectivity index (χ1v) is 4.66. The summed E-state index contributed by atoms with van der Waals surface area (Å²) in [5, 5.41) is 9.42. The van der Waals surface area contributed by atoms with E-state index in [1.165, 1.54) is 0 Å². The van der Waals surface area contributed by atoms with Gasteiger partial charge in [0.05, 0.1) is 0 Å². The first kappa shape index (κ1) is 9.32. The minimum atomic E-state index is -1.01.